The zero-order chi connectivity index (χ0) is 10.6. The van der Waals surface area contributed by atoms with E-state index >= 15 is 0 Å². The van der Waals surface area contributed by atoms with Crippen LogP contribution in [0, 0.1) is 6.92 Å². The standard InChI is InChI=1S/C11H15NO2/c1-4-14-11(13)12(3)10-7-5-9(2)6-8-10/h5-8H,4H2,1-3H3. The van der Waals surface area contributed by atoms with Gasteiger partial charge in [0.05, 0.1) is 6.61 Å². The first-order chi connectivity index (χ1) is 6.65. The number of hydrogen-bond donors (Lipinski definition) is 0. The van der Waals surface area contributed by atoms with Crippen LogP contribution in [0.1, 0.15) is 12.5 Å². The molecule has 0 atom stereocenters. The predicted octanol–water partition coefficient (Wildman–Crippen LogP) is 2.59. The van der Waals surface area contributed by atoms with Gasteiger partial charge in [-0.25, -0.2) is 4.79 Å². The second-order valence-electron chi connectivity index (χ2n) is 3.09. The lowest BCUT2D eigenvalue weighted by atomic mass is 10.2. The third-order valence-corrected chi connectivity index (χ3v) is 1.96. The lowest BCUT2D eigenvalue weighted by Gasteiger charge is -2.16. The molecule has 1 rings (SSSR count). The number of aryl methyl sites for hydroxylation is 1. The lowest BCUT2D eigenvalue weighted by molar-refractivity contribution is 0.161. The van der Waals surface area contributed by atoms with Crippen molar-refractivity contribution in [1.82, 2.24) is 0 Å². The van der Waals surface area contributed by atoms with Crippen LogP contribution in [-0.2, 0) is 4.74 Å². The lowest BCUT2D eigenvalue weighted by Crippen LogP contribution is -2.26. The maximum atomic E-state index is 11.3. The Bertz CT molecular complexity index is 306. The first-order valence-corrected chi connectivity index (χ1v) is 4.62. The van der Waals surface area contributed by atoms with Crippen LogP contribution >= 0.6 is 0 Å². The van der Waals surface area contributed by atoms with E-state index in [2.05, 4.69) is 0 Å². The zero-order valence-corrected chi connectivity index (χ0v) is 8.78. The van der Waals surface area contributed by atoms with E-state index < -0.39 is 0 Å². The van der Waals surface area contributed by atoms with Crippen LogP contribution < -0.4 is 4.90 Å². The minimum Gasteiger partial charge on any atom is -0.449 e. The Hall–Kier alpha value is -1.51. The van der Waals surface area contributed by atoms with Crippen molar-refractivity contribution in [2.24, 2.45) is 0 Å². The van der Waals surface area contributed by atoms with E-state index in [0.29, 0.717) is 6.61 Å². The van der Waals surface area contributed by atoms with Gasteiger partial charge in [0, 0.05) is 12.7 Å². The Balaban J connectivity index is 2.73. The Labute approximate surface area is 84.3 Å². The number of carbonyl (C=O) groups excluding carboxylic acids is 1. The van der Waals surface area contributed by atoms with Crippen LogP contribution in [0.3, 0.4) is 0 Å². The van der Waals surface area contributed by atoms with Gasteiger partial charge in [0.2, 0.25) is 0 Å². The molecule has 0 aromatic heterocycles. The summed E-state index contributed by atoms with van der Waals surface area (Å²) < 4.78 is 4.88. The molecule has 0 bridgehead atoms. The monoisotopic (exact) mass is 193 g/mol. The third-order valence-electron chi connectivity index (χ3n) is 1.96. The van der Waals surface area contributed by atoms with Gasteiger partial charge in [-0.2, -0.15) is 0 Å². The van der Waals surface area contributed by atoms with Gasteiger partial charge >= 0.3 is 6.09 Å². The molecule has 1 amide bonds. The fraction of sp³-hybridized carbons (Fsp3) is 0.364. The van der Waals surface area contributed by atoms with Crippen molar-refractivity contribution in [3.8, 4) is 0 Å². The molecular weight excluding hydrogens is 178 g/mol. The Kier molecular flexibility index (Phi) is 3.51. The summed E-state index contributed by atoms with van der Waals surface area (Å²) in [7, 11) is 1.70. The number of nitrogens with zero attached hydrogens (tertiary/aromatic N) is 1. The average molecular weight is 193 g/mol. The number of carbonyl (C=O) groups is 1. The summed E-state index contributed by atoms with van der Waals surface area (Å²) in [5, 5.41) is 0. The van der Waals surface area contributed by atoms with E-state index in [1.54, 1.807) is 14.0 Å². The first-order valence-electron chi connectivity index (χ1n) is 4.62. The van der Waals surface area contributed by atoms with Crippen molar-refractivity contribution in [2.75, 3.05) is 18.6 Å². The first kappa shape index (κ1) is 10.6. The molecule has 0 unspecified atom stereocenters. The largest absolute Gasteiger partial charge is 0.449 e. The number of rotatable bonds is 2. The number of amides is 1. The second-order valence-corrected chi connectivity index (χ2v) is 3.09. The molecule has 3 heteroatoms. The Morgan fingerprint density at radius 1 is 1.36 bits per heavy atom. The van der Waals surface area contributed by atoms with Gasteiger partial charge in [0.25, 0.3) is 0 Å². The average Bonchev–Trinajstić information content (AvgIpc) is 2.18. The molecule has 0 fully saturated rings. The van der Waals surface area contributed by atoms with Gasteiger partial charge in [-0.3, -0.25) is 4.90 Å². The molecule has 3 nitrogen and oxygen atoms in total. The van der Waals surface area contributed by atoms with Crippen molar-refractivity contribution >= 4 is 11.8 Å². The second kappa shape index (κ2) is 4.65. The van der Waals surface area contributed by atoms with E-state index in [1.165, 1.54) is 10.5 Å². The van der Waals surface area contributed by atoms with Gasteiger partial charge in [-0.05, 0) is 26.0 Å². The van der Waals surface area contributed by atoms with Crippen LogP contribution in [-0.4, -0.2) is 19.7 Å². The zero-order valence-electron chi connectivity index (χ0n) is 8.78. The molecule has 0 aliphatic heterocycles. The minimum atomic E-state index is -0.323. The maximum Gasteiger partial charge on any atom is 0.413 e. The SMILES string of the molecule is CCOC(=O)N(C)c1ccc(C)cc1. The minimum absolute atomic E-state index is 0.323. The summed E-state index contributed by atoms with van der Waals surface area (Å²) in [4.78, 5) is 12.8. The molecule has 0 aliphatic rings. The van der Waals surface area contributed by atoms with Gasteiger partial charge in [0.1, 0.15) is 0 Å². The van der Waals surface area contributed by atoms with Crippen LogP contribution in [0.4, 0.5) is 10.5 Å². The maximum absolute atomic E-state index is 11.3. The van der Waals surface area contributed by atoms with E-state index in [4.69, 9.17) is 4.74 Å². The quantitative estimate of drug-likeness (QED) is 0.722. The summed E-state index contributed by atoms with van der Waals surface area (Å²) in [6.07, 6.45) is -0.323. The van der Waals surface area contributed by atoms with E-state index in [0.717, 1.165) is 5.69 Å². The number of benzene rings is 1. The molecule has 0 aliphatic carbocycles. The summed E-state index contributed by atoms with van der Waals surface area (Å²) in [6.45, 7) is 4.20. The summed E-state index contributed by atoms with van der Waals surface area (Å²) >= 11 is 0. The van der Waals surface area contributed by atoms with Gasteiger partial charge < -0.3 is 4.74 Å². The summed E-state index contributed by atoms with van der Waals surface area (Å²) in [5.41, 5.74) is 2.01. The third kappa shape index (κ3) is 2.49. The fourth-order valence-corrected chi connectivity index (χ4v) is 1.09. The van der Waals surface area contributed by atoms with Crippen LogP contribution in [0.2, 0.25) is 0 Å². The highest BCUT2D eigenvalue weighted by molar-refractivity contribution is 5.86. The normalized spacial score (nSPS) is 9.64. The Morgan fingerprint density at radius 2 is 1.93 bits per heavy atom. The molecule has 14 heavy (non-hydrogen) atoms. The smallest absolute Gasteiger partial charge is 0.413 e. The number of ether oxygens (including phenoxy) is 1. The van der Waals surface area contributed by atoms with Gasteiger partial charge in [0.15, 0.2) is 0 Å². The predicted molar refractivity (Wildman–Crippen MR) is 56.6 cm³/mol. The fourth-order valence-electron chi connectivity index (χ4n) is 1.09. The topological polar surface area (TPSA) is 29.5 Å². The molecule has 1 aromatic rings. The highest BCUT2D eigenvalue weighted by Gasteiger charge is 2.10. The summed E-state index contributed by atoms with van der Waals surface area (Å²) in [5.74, 6) is 0. The highest BCUT2D eigenvalue weighted by Crippen LogP contribution is 2.13. The van der Waals surface area contributed by atoms with Gasteiger partial charge in [-0.15, -0.1) is 0 Å². The van der Waals surface area contributed by atoms with Crippen molar-refractivity contribution < 1.29 is 9.53 Å². The van der Waals surface area contributed by atoms with Crippen LogP contribution in [0.5, 0.6) is 0 Å². The molecule has 0 N–H and O–H groups in total. The van der Waals surface area contributed by atoms with E-state index in [-0.39, 0.29) is 6.09 Å². The molecule has 0 saturated carbocycles. The van der Waals surface area contributed by atoms with Crippen molar-refractivity contribution in [3.63, 3.8) is 0 Å². The summed E-state index contributed by atoms with van der Waals surface area (Å²) in [6, 6.07) is 7.72. The van der Waals surface area contributed by atoms with Crippen LogP contribution in [0.15, 0.2) is 24.3 Å². The number of hydrogen-bond acceptors (Lipinski definition) is 2. The molecule has 0 radical (unpaired) electrons. The van der Waals surface area contributed by atoms with Crippen molar-refractivity contribution in [2.45, 2.75) is 13.8 Å². The van der Waals surface area contributed by atoms with Crippen LogP contribution in [0.25, 0.3) is 0 Å². The Morgan fingerprint density at radius 3 is 2.43 bits per heavy atom. The molecular formula is C11H15NO2. The highest BCUT2D eigenvalue weighted by atomic mass is 16.6. The molecule has 1 aromatic carbocycles. The van der Waals surface area contributed by atoms with E-state index in [1.807, 2.05) is 31.2 Å². The molecule has 0 spiro atoms. The molecule has 0 heterocycles. The van der Waals surface area contributed by atoms with Gasteiger partial charge in [-0.1, -0.05) is 17.7 Å². The van der Waals surface area contributed by atoms with Crippen molar-refractivity contribution in [1.29, 1.82) is 0 Å². The molecule has 76 valence electrons. The van der Waals surface area contributed by atoms with E-state index in [9.17, 15) is 4.79 Å². The van der Waals surface area contributed by atoms with Crippen molar-refractivity contribution in [3.05, 3.63) is 29.8 Å². The molecule has 0 saturated heterocycles. The number of anilines is 1.